The minimum absolute atomic E-state index is 0.621. The molecule has 0 saturated carbocycles. The van der Waals surface area contributed by atoms with Crippen molar-refractivity contribution >= 4 is 33.1 Å². The van der Waals surface area contributed by atoms with Crippen LogP contribution in [0.15, 0.2) is 27.6 Å². The van der Waals surface area contributed by atoms with Crippen molar-refractivity contribution in [3.8, 4) is 6.07 Å². The second-order valence-electron chi connectivity index (χ2n) is 5.77. The molecule has 0 bridgehead atoms. The van der Waals surface area contributed by atoms with Crippen LogP contribution in [0.4, 0.5) is 5.82 Å². The van der Waals surface area contributed by atoms with E-state index in [1.165, 1.54) is 25.7 Å². The molecule has 0 radical (unpaired) electrons. The summed E-state index contributed by atoms with van der Waals surface area (Å²) in [5.41, 5.74) is 3.59. The van der Waals surface area contributed by atoms with E-state index in [0.29, 0.717) is 5.56 Å². The predicted molar refractivity (Wildman–Crippen MR) is 103 cm³/mol. The molecule has 24 heavy (non-hydrogen) atoms. The van der Waals surface area contributed by atoms with E-state index in [4.69, 9.17) is 0 Å². The van der Waals surface area contributed by atoms with E-state index in [1.807, 2.05) is 11.6 Å². The second-order valence-corrected chi connectivity index (χ2v) is 7.40. The third-order valence-electron chi connectivity index (χ3n) is 3.91. The van der Waals surface area contributed by atoms with Crippen LogP contribution in [-0.2, 0) is 6.42 Å². The molecule has 0 amide bonds. The van der Waals surface area contributed by atoms with E-state index in [2.05, 4.69) is 49.2 Å². The topological polar surface area (TPSA) is 52.8 Å². The Labute approximate surface area is 156 Å². The number of rotatable bonds is 10. The highest BCUT2D eigenvalue weighted by molar-refractivity contribution is 9.10. The lowest BCUT2D eigenvalue weighted by atomic mass is 10.1. The average Bonchev–Trinajstić information content (AvgIpc) is 3.11. The first kappa shape index (κ1) is 18.9. The highest BCUT2D eigenvalue weighted by Gasteiger charge is 2.14. The van der Waals surface area contributed by atoms with Gasteiger partial charge in [0.2, 0.25) is 0 Å². The van der Waals surface area contributed by atoms with Crippen molar-refractivity contribution < 1.29 is 0 Å². The summed E-state index contributed by atoms with van der Waals surface area (Å²) in [5, 5.41) is 11.5. The molecule has 0 unspecified atom stereocenters. The van der Waals surface area contributed by atoms with Gasteiger partial charge < -0.3 is 4.90 Å². The number of nitrogens with zero attached hydrogens (tertiary/aromatic N) is 4. The molecule has 0 saturated heterocycles. The maximum absolute atomic E-state index is 9.44. The zero-order chi connectivity index (χ0) is 17.2. The summed E-state index contributed by atoms with van der Waals surface area (Å²) in [6.07, 6.45) is 8.80. The number of aromatic nitrogens is 2. The predicted octanol–water partition coefficient (Wildman–Crippen LogP) is 5.19. The Morgan fingerprint density at radius 1 is 1.21 bits per heavy atom. The van der Waals surface area contributed by atoms with Gasteiger partial charge in [-0.25, -0.2) is 9.97 Å². The lowest BCUT2D eigenvalue weighted by Crippen LogP contribution is -2.28. The number of halogens is 1. The van der Waals surface area contributed by atoms with Crippen LogP contribution in [0.25, 0.3) is 0 Å². The van der Waals surface area contributed by atoms with Crippen LogP contribution in [0.5, 0.6) is 0 Å². The molecule has 4 nitrogen and oxygen atoms in total. The van der Waals surface area contributed by atoms with Gasteiger partial charge in [-0.2, -0.15) is 5.26 Å². The number of thiazole rings is 1. The Balaban J connectivity index is 2.05. The molecule has 0 N–H and O–H groups in total. The fourth-order valence-electron chi connectivity index (χ4n) is 2.61. The normalized spacial score (nSPS) is 10.5. The number of pyridine rings is 1. The quantitative estimate of drug-likeness (QED) is 0.509. The molecule has 128 valence electrons. The van der Waals surface area contributed by atoms with Crippen molar-refractivity contribution in [2.75, 3.05) is 18.0 Å². The van der Waals surface area contributed by atoms with Crippen molar-refractivity contribution in [2.45, 2.75) is 45.4 Å². The number of hydrogen-bond donors (Lipinski definition) is 0. The van der Waals surface area contributed by atoms with Gasteiger partial charge in [-0.15, -0.1) is 11.3 Å². The molecule has 0 aliphatic rings. The Morgan fingerprint density at radius 3 is 2.75 bits per heavy atom. The van der Waals surface area contributed by atoms with E-state index in [0.717, 1.165) is 41.9 Å². The lowest BCUT2D eigenvalue weighted by Gasteiger charge is -2.24. The first-order valence-electron chi connectivity index (χ1n) is 8.42. The summed E-state index contributed by atoms with van der Waals surface area (Å²) in [6.45, 7) is 3.99. The molecule has 2 aromatic rings. The van der Waals surface area contributed by atoms with Crippen LogP contribution in [0.2, 0.25) is 0 Å². The van der Waals surface area contributed by atoms with Crippen molar-refractivity contribution in [1.82, 2.24) is 9.97 Å². The highest BCUT2D eigenvalue weighted by atomic mass is 79.9. The fourth-order valence-corrected chi connectivity index (χ4v) is 3.53. The molecule has 0 aliphatic heterocycles. The molecule has 2 rings (SSSR count). The van der Waals surface area contributed by atoms with Crippen molar-refractivity contribution in [3.05, 3.63) is 38.9 Å². The van der Waals surface area contributed by atoms with Crippen LogP contribution < -0.4 is 4.90 Å². The Morgan fingerprint density at radius 2 is 2.04 bits per heavy atom. The largest absolute Gasteiger partial charge is 0.355 e. The van der Waals surface area contributed by atoms with Crippen molar-refractivity contribution in [3.63, 3.8) is 0 Å². The van der Waals surface area contributed by atoms with E-state index in [9.17, 15) is 5.26 Å². The average molecular weight is 407 g/mol. The van der Waals surface area contributed by atoms with Crippen LogP contribution >= 0.6 is 27.3 Å². The van der Waals surface area contributed by atoms with Gasteiger partial charge in [0, 0.05) is 35.6 Å². The SMILES string of the molecule is CCCCCCCN(CCc1cscn1)c1ncc(Br)cc1C#N. The molecule has 2 aromatic heterocycles. The molecule has 2 heterocycles. The molecule has 0 aromatic carbocycles. The summed E-state index contributed by atoms with van der Waals surface area (Å²) in [6, 6.07) is 4.12. The van der Waals surface area contributed by atoms with Gasteiger partial charge in [-0.3, -0.25) is 0 Å². The standard InChI is InChI=1S/C18H23BrN4S/c1-2-3-4-5-6-8-23(9-7-17-13-24-14-22-17)18-15(11-20)10-16(19)12-21-18/h10,12-14H,2-9H2,1H3. The molecular weight excluding hydrogens is 384 g/mol. The van der Waals surface area contributed by atoms with E-state index < -0.39 is 0 Å². The Hall–Kier alpha value is -1.45. The van der Waals surface area contributed by atoms with Gasteiger partial charge >= 0.3 is 0 Å². The first-order valence-corrected chi connectivity index (χ1v) is 10.2. The van der Waals surface area contributed by atoms with Crippen LogP contribution in [0.1, 0.15) is 50.3 Å². The molecule has 6 heteroatoms. The zero-order valence-electron chi connectivity index (χ0n) is 14.0. The van der Waals surface area contributed by atoms with Gasteiger partial charge in [-0.1, -0.05) is 32.6 Å². The molecule has 0 aliphatic carbocycles. The summed E-state index contributed by atoms with van der Waals surface area (Å²) >= 11 is 5.02. The van der Waals surface area contributed by atoms with Gasteiger partial charge in [-0.05, 0) is 28.4 Å². The Bertz CT molecular complexity index is 652. The summed E-state index contributed by atoms with van der Waals surface area (Å²) in [7, 11) is 0. The minimum Gasteiger partial charge on any atom is -0.355 e. The van der Waals surface area contributed by atoms with Gasteiger partial charge in [0.15, 0.2) is 0 Å². The third-order valence-corrected chi connectivity index (χ3v) is 4.98. The van der Waals surface area contributed by atoms with E-state index >= 15 is 0 Å². The third kappa shape index (κ3) is 5.88. The number of nitriles is 1. The van der Waals surface area contributed by atoms with Gasteiger partial charge in [0.05, 0.1) is 16.8 Å². The maximum atomic E-state index is 9.44. The van der Waals surface area contributed by atoms with Gasteiger partial charge in [0.1, 0.15) is 11.9 Å². The second kappa shape index (κ2) is 10.4. The van der Waals surface area contributed by atoms with E-state index in [-0.39, 0.29) is 0 Å². The minimum atomic E-state index is 0.621. The summed E-state index contributed by atoms with van der Waals surface area (Å²) in [4.78, 5) is 11.1. The number of anilines is 1. The van der Waals surface area contributed by atoms with E-state index in [1.54, 1.807) is 17.5 Å². The van der Waals surface area contributed by atoms with Gasteiger partial charge in [0.25, 0.3) is 0 Å². The van der Waals surface area contributed by atoms with Crippen molar-refractivity contribution in [2.24, 2.45) is 0 Å². The summed E-state index contributed by atoms with van der Waals surface area (Å²) in [5.74, 6) is 0.784. The fraction of sp³-hybridized carbons (Fsp3) is 0.500. The van der Waals surface area contributed by atoms with Crippen molar-refractivity contribution in [1.29, 1.82) is 5.26 Å². The molecule has 0 spiro atoms. The van der Waals surface area contributed by atoms with Crippen LogP contribution in [-0.4, -0.2) is 23.1 Å². The molecule has 0 atom stereocenters. The monoisotopic (exact) mass is 406 g/mol. The smallest absolute Gasteiger partial charge is 0.146 e. The number of hydrogen-bond acceptors (Lipinski definition) is 5. The Kier molecular flexibility index (Phi) is 8.20. The maximum Gasteiger partial charge on any atom is 0.146 e. The lowest BCUT2D eigenvalue weighted by molar-refractivity contribution is 0.614. The highest BCUT2D eigenvalue weighted by Crippen LogP contribution is 2.22. The first-order chi connectivity index (χ1) is 11.7. The van der Waals surface area contributed by atoms with Crippen LogP contribution in [0.3, 0.4) is 0 Å². The zero-order valence-corrected chi connectivity index (χ0v) is 16.4. The number of unbranched alkanes of at least 4 members (excludes halogenated alkanes) is 4. The summed E-state index contributed by atoms with van der Waals surface area (Å²) < 4.78 is 0.838. The molecule has 0 fully saturated rings. The van der Waals surface area contributed by atoms with Crippen LogP contribution in [0, 0.1) is 11.3 Å². The molecular formula is C18H23BrN4S.